The number of hydrogen-bond donors (Lipinski definition) is 0. The fraction of sp³-hybridized carbons (Fsp3) is 0.438. The van der Waals surface area contributed by atoms with Gasteiger partial charge in [0.25, 0.3) is 11.8 Å². The molecule has 1 saturated heterocycles. The first kappa shape index (κ1) is 15.3. The average molecular weight is 316 g/mol. The highest BCUT2D eigenvalue weighted by atomic mass is 16.5. The van der Waals surface area contributed by atoms with Crippen LogP contribution in [0.5, 0.6) is 5.88 Å². The molecule has 2 aromatic heterocycles. The number of rotatable bonds is 4. The van der Waals surface area contributed by atoms with Gasteiger partial charge in [-0.15, -0.1) is 0 Å². The van der Waals surface area contributed by atoms with Crippen LogP contribution in [0.3, 0.4) is 0 Å². The number of amides is 1. The normalized spacial score (nSPS) is 15.1. The molecule has 0 spiro atoms. The smallest absolute Gasteiger partial charge is 0.257 e. The van der Waals surface area contributed by atoms with Gasteiger partial charge in [0, 0.05) is 38.6 Å². The van der Waals surface area contributed by atoms with Gasteiger partial charge < -0.3 is 19.0 Å². The third-order valence-electron chi connectivity index (χ3n) is 3.63. The summed E-state index contributed by atoms with van der Waals surface area (Å²) in [6.45, 7) is 6.55. The third kappa shape index (κ3) is 3.44. The Morgan fingerprint density at radius 2 is 1.96 bits per heavy atom. The first-order valence-electron chi connectivity index (χ1n) is 7.69. The minimum absolute atomic E-state index is 0.00352. The Balaban J connectivity index is 1.66. The molecule has 0 aliphatic carbocycles. The van der Waals surface area contributed by atoms with E-state index in [1.54, 1.807) is 18.5 Å². The number of piperazine rings is 1. The molecule has 0 saturated carbocycles. The lowest BCUT2D eigenvalue weighted by atomic mass is 10.2. The summed E-state index contributed by atoms with van der Waals surface area (Å²) >= 11 is 0. The lowest BCUT2D eigenvalue weighted by molar-refractivity contribution is 0.0745. The van der Waals surface area contributed by atoms with Crippen molar-refractivity contribution in [3.8, 4) is 5.88 Å². The topological polar surface area (TPSA) is 71.7 Å². The van der Waals surface area contributed by atoms with Crippen molar-refractivity contribution in [1.82, 2.24) is 14.9 Å². The van der Waals surface area contributed by atoms with Crippen LogP contribution < -0.4 is 9.64 Å². The van der Waals surface area contributed by atoms with Crippen LogP contribution in [0.1, 0.15) is 24.2 Å². The zero-order valence-corrected chi connectivity index (χ0v) is 13.3. The Labute approximate surface area is 134 Å². The molecule has 0 bridgehead atoms. The zero-order valence-electron chi connectivity index (χ0n) is 13.3. The van der Waals surface area contributed by atoms with E-state index in [-0.39, 0.29) is 12.0 Å². The van der Waals surface area contributed by atoms with Gasteiger partial charge in [-0.2, -0.15) is 0 Å². The predicted molar refractivity (Wildman–Crippen MR) is 84.6 cm³/mol. The largest absolute Gasteiger partial charge is 0.472 e. The average Bonchev–Trinajstić information content (AvgIpc) is 3.09. The van der Waals surface area contributed by atoms with E-state index in [2.05, 4.69) is 14.9 Å². The molecule has 23 heavy (non-hydrogen) atoms. The molecule has 7 nitrogen and oxygen atoms in total. The second kappa shape index (κ2) is 6.68. The van der Waals surface area contributed by atoms with Crippen molar-refractivity contribution >= 4 is 11.7 Å². The Morgan fingerprint density at radius 3 is 2.61 bits per heavy atom. The van der Waals surface area contributed by atoms with Crippen LogP contribution in [-0.2, 0) is 0 Å². The molecule has 3 heterocycles. The van der Waals surface area contributed by atoms with Gasteiger partial charge in [0.05, 0.1) is 17.9 Å². The molecular weight excluding hydrogens is 296 g/mol. The van der Waals surface area contributed by atoms with Crippen molar-refractivity contribution < 1.29 is 13.9 Å². The number of anilines is 1. The molecule has 2 aromatic rings. The summed E-state index contributed by atoms with van der Waals surface area (Å²) in [4.78, 5) is 24.9. The van der Waals surface area contributed by atoms with Gasteiger partial charge in [0.1, 0.15) is 6.26 Å². The highest BCUT2D eigenvalue weighted by molar-refractivity contribution is 5.94. The van der Waals surface area contributed by atoms with Crippen LogP contribution in [0.2, 0.25) is 0 Å². The van der Waals surface area contributed by atoms with E-state index in [1.807, 2.05) is 18.7 Å². The number of hydrogen-bond acceptors (Lipinski definition) is 6. The Morgan fingerprint density at radius 1 is 1.22 bits per heavy atom. The van der Waals surface area contributed by atoms with Gasteiger partial charge in [0.2, 0.25) is 0 Å². The van der Waals surface area contributed by atoms with E-state index in [4.69, 9.17) is 9.15 Å². The number of carbonyl (C=O) groups is 1. The summed E-state index contributed by atoms with van der Waals surface area (Å²) in [6, 6.07) is 1.69. The molecule has 0 radical (unpaired) electrons. The summed E-state index contributed by atoms with van der Waals surface area (Å²) in [5.74, 6) is 1.27. The molecule has 0 unspecified atom stereocenters. The van der Waals surface area contributed by atoms with E-state index in [0.29, 0.717) is 37.6 Å². The summed E-state index contributed by atoms with van der Waals surface area (Å²) < 4.78 is 10.7. The van der Waals surface area contributed by atoms with Crippen molar-refractivity contribution in [2.45, 2.75) is 20.0 Å². The van der Waals surface area contributed by atoms with Gasteiger partial charge in [-0.05, 0) is 19.9 Å². The van der Waals surface area contributed by atoms with Crippen molar-refractivity contribution in [1.29, 1.82) is 0 Å². The summed E-state index contributed by atoms with van der Waals surface area (Å²) in [7, 11) is 0. The standard InChI is InChI=1S/C16H20N4O3/c1-12(2)23-15-14(17-4-5-18-15)19-6-8-20(9-7-19)16(21)13-3-10-22-11-13/h3-5,10-12H,6-9H2,1-2H3. The van der Waals surface area contributed by atoms with Crippen LogP contribution in [0.15, 0.2) is 35.4 Å². The van der Waals surface area contributed by atoms with Crippen molar-refractivity contribution in [3.63, 3.8) is 0 Å². The molecule has 0 N–H and O–H groups in total. The molecule has 1 amide bonds. The van der Waals surface area contributed by atoms with Gasteiger partial charge >= 0.3 is 0 Å². The molecule has 1 fully saturated rings. The van der Waals surface area contributed by atoms with Gasteiger partial charge in [-0.25, -0.2) is 9.97 Å². The Bertz CT molecular complexity index is 649. The quantitative estimate of drug-likeness (QED) is 0.857. The predicted octanol–water partition coefficient (Wildman–Crippen LogP) is 1.82. The molecule has 7 heteroatoms. The van der Waals surface area contributed by atoms with Gasteiger partial charge in [0.15, 0.2) is 5.82 Å². The second-order valence-corrected chi connectivity index (χ2v) is 5.64. The van der Waals surface area contributed by atoms with Crippen LogP contribution in [0.25, 0.3) is 0 Å². The van der Waals surface area contributed by atoms with Crippen LogP contribution in [0.4, 0.5) is 5.82 Å². The van der Waals surface area contributed by atoms with Crippen LogP contribution >= 0.6 is 0 Å². The highest BCUT2D eigenvalue weighted by Gasteiger charge is 2.25. The maximum absolute atomic E-state index is 12.3. The first-order valence-corrected chi connectivity index (χ1v) is 7.69. The fourth-order valence-electron chi connectivity index (χ4n) is 2.53. The Kier molecular flexibility index (Phi) is 4.45. The molecule has 1 aliphatic heterocycles. The lowest BCUT2D eigenvalue weighted by Crippen LogP contribution is -2.49. The van der Waals surface area contributed by atoms with Crippen molar-refractivity contribution in [2.75, 3.05) is 31.1 Å². The maximum atomic E-state index is 12.3. The molecule has 0 aromatic carbocycles. The summed E-state index contributed by atoms with van der Waals surface area (Å²) in [5.41, 5.74) is 0.585. The number of ether oxygens (including phenoxy) is 1. The lowest BCUT2D eigenvalue weighted by Gasteiger charge is -2.35. The van der Waals surface area contributed by atoms with E-state index >= 15 is 0 Å². The van der Waals surface area contributed by atoms with E-state index < -0.39 is 0 Å². The monoisotopic (exact) mass is 316 g/mol. The van der Waals surface area contributed by atoms with Gasteiger partial charge in [-0.1, -0.05) is 0 Å². The molecular formula is C16H20N4O3. The number of aromatic nitrogens is 2. The third-order valence-corrected chi connectivity index (χ3v) is 3.63. The number of nitrogens with zero attached hydrogens (tertiary/aromatic N) is 4. The molecule has 0 atom stereocenters. The minimum Gasteiger partial charge on any atom is -0.472 e. The van der Waals surface area contributed by atoms with Crippen LogP contribution in [0, 0.1) is 0 Å². The summed E-state index contributed by atoms with van der Waals surface area (Å²) in [5, 5.41) is 0. The number of furan rings is 1. The fourth-order valence-corrected chi connectivity index (χ4v) is 2.53. The van der Waals surface area contributed by atoms with E-state index in [1.165, 1.54) is 12.5 Å². The van der Waals surface area contributed by atoms with Gasteiger partial charge in [-0.3, -0.25) is 4.79 Å². The minimum atomic E-state index is -0.00352. The summed E-state index contributed by atoms with van der Waals surface area (Å²) in [6.07, 6.45) is 6.31. The highest BCUT2D eigenvalue weighted by Crippen LogP contribution is 2.24. The zero-order chi connectivity index (χ0) is 16.2. The molecule has 1 aliphatic rings. The van der Waals surface area contributed by atoms with E-state index in [0.717, 1.165) is 5.82 Å². The van der Waals surface area contributed by atoms with Crippen LogP contribution in [-0.4, -0.2) is 53.1 Å². The SMILES string of the molecule is CC(C)Oc1nccnc1N1CCN(C(=O)c2ccoc2)CC1. The first-order chi connectivity index (χ1) is 11.1. The van der Waals surface area contributed by atoms with Crippen molar-refractivity contribution in [2.24, 2.45) is 0 Å². The van der Waals surface area contributed by atoms with Crippen molar-refractivity contribution in [3.05, 3.63) is 36.5 Å². The number of carbonyl (C=O) groups excluding carboxylic acids is 1. The maximum Gasteiger partial charge on any atom is 0.257 e. The van der Waals surface area contributed by atoms with E-state index in [9.17, 15) is 4.79 Å². The molecule has 3 rings (SSSR count). The Hall–Kier alpha value is -2.57. The molecule has 122 valence electrons. The second-order valence-electron chi connectivity index (χ2n) is 5.64.